The van der Waals surface area contributed by atoms with Crippen LogP contribution in [0.15, 0.2) is 0 Å². The van der Waals surface area contributed by atoms with Crippen molar-refractivity contribution in [2.24, 2.45) is 5.92 Å². The van der Waals surface area contributed by atoms with Crippen molar-refractivity contribution in [1.29, 1.82) is 0 Å². The van der Waals surface area contributed by atoms with Crippen molar-refractivity contribution < 1.29 is 19.1 Å². The van der Waals surface area contributed by atoms with E-state index in [2.05, 4.69) is 10.1 Å². The van der Waals surface area contributed by atoms with Gasteiger partial charge in [-0.15, -0.1) is 0 Å². The molecule has 1 rings (SSSR count). The first kappa shape index (κ1) is 16.5. The highest BCUT2D eigenvalue weighted by Gasteiger charge is 2.40. The number of rotatable bonds is 4. The zero-order valence-electron chi connectivity index (χ0n) is 12.8. The van der Waals surface area contributed by atoms with Gasteiger partial charge in [-0.25, -0.2) is 4.79 Å². The standard InChI is InChI=1S/C14H24N2O4/c1-8(2)12(15-14(19)20-5)13(18)16-9(3)6-7-11(16)10(4)17/h8-9,11-12H,6-7H2,1-5H3,(H,15,19)/t9-,11-,12?/m0/s1. The summed E-state index contributed by atoms with van der Waals surface area (Å²) in [4.78, 5) is 37.3. The van der Waals surface area contributed by atoms with Crippen molar-refractivity contribution in [2.45, 2.75) is 58.7 Å². The van der Waals surface area contributed by atoms with Crippen LogP contribution in [0.2, 0.25) is 0 Å². The monoisotopic (exact) mass is 284 g/mol. The summed E-state index contributed by atoms with van der Waals surface area (Å²) in [5, 5.41) is 2.56. The first-order valence-electron chi connectivity index (χ1n) is 6.96. The quantitative estimate of drug-likeness (QED) is 0.845. The summed E-state index contributed by atoms with van der Waals surface area (Å²) in [6.45, 7) is 7.13. The van der Waals surface area contributed by atoms with E-state index in [9.17, 15) is 14.4 Å². The summed E-state index contributed by atoms with van der Waals surface area (Å²) in [6.07, 6.45) is 0.855. The van der Waals surface area contributed by atoms with Crippen LogP contribution < -0.4 is 5.32 Å². The molecule has 0 aromatic carbocycles. The molecule has 1 aliphatic heterocycles. The average Bonchev–Trinajstić information content (AvgIpc) is 2.76. The molecular weight excluding hydrogens is 260 g/mol. The molecule has 2 amide bonds. The highest BCUT2D eigenvalue weighted by molar-refractivity contribution is 5.92. The predicted octanol–water partition coefficient (Wildman–Crippen LogP) is 1.34. The Morgan fingerprint density at radius 3 is 2.30 bits per heavy atom. The molecule has 0 radical (unpaired) electrons. The van der Waals surface area contributed by atoms with Crippen molar-refractivity contribution in [3.63, 3.8) is 0 Å². The van der Waals surface area contributed by atoms with Gasteiger partial charge in [-0.1, -0.05) is 13.8 Å². The lowest BCUT2D eigenvalue weighted by Crippen LogP contribution is -2.55. The summed E-state index contributed by atoms with van der Waals surface area (Å²) in [5.41, 5.74) is 0. The fourth-order valence-corrected chi connectivity index (χ4v) is 2.61. The van der Waals surface area contributed by atoms with Crippen LogP contribution >= 0.6 is 0 Å². The van der Waals surface area contributed by atoms with Crippen LogP contribution in [0.25, 0.3) is 0 Å². The third-order valence-corrected chi connectivity index (χ3v) is 3.78. The third-order valence-electron chi connectivity index (χ3n) is 3.78. The number of amides is 2. The number of methoxy groups -OCH3 is 1. The lowest BCUT2D eigenvalue weighted by Gasteiger charge is -2.32. The zero-order valence-corrected chi connectivity index (χ0v) is 12.8. The van der Waals surface area contributed by atoms with Gasteiger partial charge < -0.3 is 15.0 Å². The molecule has 114 valence electrons. The number of hydrogen-bond acceptors (Lipinski definition) is 4. The molecule has 20 heavy (non-hydrogen) atoms. The van der Waals surface area contributed by atoms with Crippen LogP contribution in [0.5, 0.6) is 0 Å². The number of nitrogens with zero attached hydrogens (tertiary/aromatic N) is 1. The molecule has 1 unspecified atom stereocenters. The summed E-state index contributed by atoms with van der Waals surface area (Å²) >= 11 is 0. The predicted molar refractivity (Wildman–Crippen MR) is 74.2 cm³/mol. The van der Waals surface area contributed by atoms with Gasteiger partial charge in [0.05, 0.1) is 13.2 Å². The van der Waals surface area contributed by atoms with Crippen molar-refractivity contribution in [3.8, 4) is 0 Å². The molecule has 0 aromatic rings. The first-order chi connectivity index (χ1) is 9.29. The summed E-state index contributed by atoms with van der Waals surface area (Å²) in [5.74, 6) is -0.305. The molecule has 1 heterocycles. The smallest absolute Gasteiger partial charge is 0.407 e. The zero-order chi connectivity index (χ0) is 15.4. The lowest BCUT2D eigenvalue weighted by molar-refractivity contribution is -0.141. The molecule has 0 aromatic heterocycles. The molecule has 6 nitrogen and oxygen atoms in total. The third kappa shape index (κ3) is 3.49. The van der Waals surface area contributed by atoms with Crippen LogP contribution in [0, 0.1) is 5.92 Å². The first-order valence-corrected chi connectivity index (χ1v) is 6.96. The number of carbonyl (C=O) groups is 3. The highest BCUT2D eigenvalue weighted by atomic mass is 16.5. The van der Waals surface area contributed by atoms with Crippen LogP contribution in [0.1, 0.15) is 40.5 Å². The van der Waals surface area contributed by atoms with Gasteiger partial charge in [0.2, 0.25) is 5.91 Å². The number of Topliss-reactive ketones (excluding diaryl/α,β-unsaturated/α-hetero) is 1. The number of nitrogens with one attached hydrogen (secondary N) is 1. The molecule has 3 atom stereocenters. The Labute approximate surface area is 119 Å². The maximum Gasteiger partial charge on any atom is 0.407 e. The molecule has 6 heteroatoms. The topological polar surface area (TPSA) is 75.7 Å². The maximum absolute atomic E-state index is 12.7. The highest BCUT2D eigenvalue weighted by Crippen LogP contribution is 2.26. The summed E-state index contributed by atoms with van der Waals surface area (Å²) < 4.78 is 4.56. The molecule has 1 saturated heterocycles. The van der Waals surface area contributed by atoms with Gasteiger partial charge >= 0.3 is 6.09 Å². The van der Waals surface area contributed by atoms with Crippen LogP contribution in [-0.4, -0.2) is 47.9 Å². The van der Waals surface area contributed by atoms with Crippen LogP contribution in [0.3, 0.4) is 0 Å². The Hall–Kier alpha value is -1.59. The average molecular weight is 284 g/mol. The van der Waals surface area contributed by atoms with Gasteiger partial charge in [-0.05, 0) is 32.6 Å². The van der Waals surface area contributed by atoms with Gasteiger partial charge in [-0.2, -0.15) is 0 Å². The fourth-order valence-electron chi connectivity index (χ4n) is 2.61. The number of likely N-dealkylation sites (tertiary alicyclic amines) is 1. The van der Waals surface area contributed by atoms with Gasteiger partial charge in [0, 0.05) is 6.04 Å². The molecule has 0 bridgehead atoms. The number of alkyl carbamates (subject to hydrolysis) is 1. The minimum atomic E-state index is -0.676. The Balaban J connectivity index is 2.92. The minimum absolute atomic E-state index is 0.0109. The Morgan fingerprint density at radius 1 is 1.25 bits per heavy atom. The minimum Gasteiger partial charge on any atom is -0.453 e. The van der Waals surface area contributed by atoms with E-state index in [1.807, 2.05) is 20.8 Å². The van der Waals surface area contributed by atoms with Crippen molar-refractivity contribution in [2.75, 3.05) is 7.11 Å². The van der Waals surface area contributed by atoms with E-state index >= 15 is 0 Å². The van der Waals surface area contributed by atoms with Crippen molar-refractivity contribution >= 4 is 17.8 Å². The molecule has 0 spiro atoms. The summed E-state index contributed by atoms with van der Waals surface area (Å²) in [6, 6.07) is -1.04. The van der Waals surface area contributed by atoms with E-state index in [0.29, 0.717) is 6.42 Å². The Kier molecular flexibility index (Phi) is 5.53. The summed E-state index contributed by atoms with van der Waals surface area (Å²) in [7, 11) is 1.26. The van der Waals surface area contributed by atoms with Crippen LogP contribution in [0.4, 0.5) is 4.79 Å². The number of ether oxygens (including phenoxy) is 1. The molecule has 0 aliphatic carbocycles. The van der Waals surface area contributed by atoms with E-state index in [1.165, 1.54) is 14.0 Å². The van der Waals surface area contributed by atoms with E-state index in [1.54, 1.807) is 4.90 Å². The van der Waals surface area contributed by atoms with Gasteiger partial charge in [0.1, 0.15) is 6.04 Å². The number of hydrogen-bond donors (Lipinski definition) is 1. The lowest BCUT2D eigenvalue weighted by atomic mass is 10.0. The van der Waals surface area contributed by atoms with Gasteiger partial charge in [0.25, 0.3) is 0 Å². The van der Waals surface area contributed by atoms with Crippen LogP contribution in [-0.2, 0) is 14.3 Å². The number of carbonyl (C=O) groups excluding carboxylic acids is 3. The van der Waals surface area contributed by atoms with Gasteiger partial charge in [-0.3, -0.25) is 9.59 Å². The molecule has 1 aliphatic rings. The second kappa shape index (κ2) is 6.72. The number of ketones is 1. The van der Waals surface area contributed by atoms with Crippen molar-refractivity contribution in [1.82, 2.24) is 10.2 Å². The van der Waals surface area contributed by atoms with E-state index in [-0.39, 0.29) is 29.7 Å². The van der Waals surface area contributed by atoms with Gasteiger partial charge in [0.15, 0.2) is 5.78 Å². The second-order valence-corrected chi connectivity index (χ2v) is 5.66. The van der Waals surface area contributed by atoms with E-state index < -0.39 is 12.1 Å². The molecule has 1 N–H and O–H groups in total. The molecule has 1 fully saturated rings. The SMILES string of the molecule is COC(=O)NC(C(=O)N1[C@@H](C)CC[C@H]1C(C)=O)C(C)C. The second-order valence-electron chi connectivity index (χ2n) is 5.66. The van der Waals surface area contributed by atoms with E-state index in [4.69, 9.17) is 0 Å². The normalized spacial score (nSPS) is 23.6. The van der Waals surface area contributed by atoms with E-state index in [0.717, 1.165) is 6.42 Å². The fraction of sp³-hybridized carbons (Fsp3) is 0.786. The Morgan fingerprint density at radius 2 is 1.85 bits per heavy atom. The Bertz CT molecular complexity index is 395. The molecular formula is C14H24N2O4. The van der Waals surface area contributed by atoms with Crippen molar-refractivity contribution in [3.05, 3.63) is 0 Å². The largest absolute Gasteiger partial charge is 0.453 e. The maximum atomic E-state index is 12.7. The molecule has 0 saturated carbocycles.